The number of hydrogen-bond donors (Lipinski definition) is 1. The molecule has 0 saturated heterocycles. The minimum Gasteiger partial charge on any atom is -0.497 e. The molecule has 0 spiro atoms. The van der Waals surface area contributed by atoms with E-state index in [1.54, 1.807) is 19.2 Å². The van der Waals surface area contributed by atoms with Crippen LogP contribution >= 0.6 is 0 Å². The van der Waals surface area contributed by atoms with Gasteiger partial charge in [-0.15, -0.1) is 0 Å². The molecule has 0 saturated carbocycles. The van der Waals surface area contributed by atoms with E-state index in [0.29, 0.717) is 11.3 Å². The fourth-order valence-electron chi connectivity index (χ4n) is 2.26. The van der Waals surface area contributed by atoms with Crippen LogP contribution in [0.2, 0.25) is 0 Å². The predicted octanol–water partition coefficient (Wildman–Crippen LogP) is 3.65. The first-order chi connectivity index (χ1) is 9.65. The van der Waals surface area contributed by atoms with E-state index in [2.05, 4.69) is 0 Å². The lowest BCUT2D eigenvalue weighted by atomic mass is 9.88. The number of nitrogen functional groups attached to an aromatic ring is 1. The summed E-state index contributed by atoms with van der Waals surface area (Å²) in [5.74, 6) is 0.742. The molecule has 0 unspecified atom stereocenters. The Hall–Kier alpha value is -2.29. The average molecular weight is 269 g/mol. The van der Waals surface area contributed by atoms with Crippen molar-refractivity contribution in [3.63, 3.8) is 0 Å². The summed E-state index contributed by atoms with van der Waals surface area (Å²) in [6.45, 7) is 2.02. The molecule has 0 aliphatic heterocycles. The molecule has 0 fully saturated rings. The van der Waals surface area contributed by atoms with Gasteiger partial charge in [-0.2, -0.15) is 0 Å². The highest BCUT2D eigenvalue weighted by molar-refractivity contribution is 6.01. The summed E-state index contributed by atoms with van der Waals surface area (Å²) in [6, 6.07) is 14.7. The van der Waals surface area contributed by atoms with Crippen molar-refractivity contribution in [2.45, 2.75) is 19.3 Å². The molecule has 2 rings (SSSR count). The molecule has 0 amide bonds. The number of carbonyl (C=O) groups is 1. The third-order valence-corrected chi connectivity index (χ3v) is 3.44. The molecule has 0 aliphatic rings. The number of carbonyl (C=O) groups excluding carboxylic acids is 1. The first-order valence-corrected chi connectivity index (χ1v) is 6.69. The lowest BCUT2D eigenvalue weighted by Crippen LogP contribution is -2.12. The minimum atomic E-state index is -0.135. The SMILES string of the molecule is CC[C@@H](C(=O)c1ccc(OC)cc1)c1ccc(N)cc1. The molecule has 3 heteroatoms. The average Bonchev–Trinajstić information content (AvgIpc) is 2.50. The summed E-state index contributed by atoms with van der Waals surface area (Å²) in [5.41, 5.74) is 8.10. The Morgan fingerprint density at radius 3 is 2.20 bits per heavy atom. The fourth-order valence-corrected chi connectivity index (χ4v) is 2.26. The number of rotatable bonds is 5. The van der Waals surface area contributed by atoms with Crippen molar-refractivity contribution < 1.29 is 9.53 Å². The normalized spacial score (nSPS) is 11.9. The van der Waals surface area contributed by atoms with Crippen LogP contribution < -0.4 is 10.5 Å². The summed E-state index contributed by atoms with van der Waals surface area (Å²) in [5, 5.41) is 0. The van der Waals surface area contributed by atoms with E-state index in [-0.39, 0.29) is 11.7 Å². The second-order valence-corrected chi connectivity index (χ2v) is 4.72. The zero-order valence-electron chi connectivity index (χ0n) is 11.8. The first kappa shape index (κ1) is 14.1. The molecular weight excluding hydrogens is 250 g/mol. The van der Waals surface area contributed by atoms with Crippen LogP contribution in [0.25, 0.3) is 0 Å². The largest absolute Gasteiger partial charge is 0.497 e. The van der Waals surface area contributed by atoms with Gasteiger partial charge in [0.15, 0.2) is 5.78 Å². The molecule has 104 valence electrons. The predicted molar refractivity (Wildman–Crippen MR) is 81.2 cm³/mol. The molecule has 20 heavy (non-hydrogen) atoms. The van der Waals surface area contributed by atoms with Gasteiger partial charge in [-0.05, 0) is 48.4 Å². The zero-order valence-corrected chi connectivity index (χ0v) is 11.8. The number of hydrogen-bond acceptors (Lipinski definition) is 3. The second-order valence-electron chi connectivity index (χ2n) is 4.72. The fraction of sp³-hybridized carbons (Fsp3) is 0.235. The lowest BCUT2D eigenvalue weighted by molar-refractivity contribution is 0.0957. The van der Waals surface area contributed by atoms with Crippen LogP contribution in [0.3, 0.4) is 0 Å². The Labute approximate surface area is 119 Å². The molecule has 0 aromatic heterocycles. The maximum absolute atomic E-state index is 12.6. The topological polar surface area (TPSA) is 52.3 Å². The van der Waals surface area contributed by atoms with Crippen LogP contribution in [0.1, 0.15) is 35.2 Å². The van der Waals surface area contributed by atoms with Crippen molar-refractivity contribution in [1.29, 1.82) is 0 Å². The van der Waals surface area contributed by atoms with Crippen LogP contribution in [-0.4, -0.2) is 12.9 Å². The van der Waals surface area contributed by atoms with Crippen molar-refractivity contribution in [2.24, 2.45) is 0 Å². The van der Waals surface area contributed by atoms with E-state index < -0.39 is 0 Å². The number of methoxy groups -OCH3 is 1. The summed E-state index contributed by atoms with van der Waals surface area (Å²) < 4.78 is 5.11. The van der Waals surface area contributed by atoms with Crippen molar-refractivity contribution in [2.75, 3.05) is 12.8 Å². The van der Waals surface area contributed by atoms with E-state index in [0.717, 1.165) is 17.7 Å². The number of ether oxygens (including phenoxy) is 1. The van der Waals surface area contributed by atoms with Gasteiger partial charge < -0.3 is 10.5 Å². The lowest BCUT2D eigenvalue weighted by Gasteiger charge is -2.14. The first-order valence-electron chi connectivity index (χ1n) is 6.69. The van der Waals surface area contributed by atoms with Gasteiger partial charge in [-0.25, -0.2) is 0 Å². The maximum Gasteiger partial charge on any atom is 0.170 e. The van der Waals surface area contributed by atoms with Crippen LogP contribution in [0.4, 0.5) is 5.69 Å². The van der Waals surface area contributed by atoms with Crippen molar-refractivity contribution >= 4 is 11.5 Å². The molecule has 1 atom stereocenters. The Bertz CT molecular complexity index is 573. The van der Waals surface area contributed by atoms with Crippen molar-refractivity contribution in [1.82, 2.24) is 0 Å². The maximum atomic E-state index is 12.6. The Kier molecular flexibility index (Phi) is 4.41. The van der Waals surface area contributed by atoms with Crippen LogP contribution in [0.5, 0.6) is 5.75 Å². The Balaban J connectivity index is 2.26. The third-order valence-electron chi connectivity index (χ3n) is 3.44. The van der Waals surface area contributed by atoms with Gasteiger partial charge in [0.05, 0.1) is 7.11 Å². The van der Waals surface area contributed by atoms with E-state index in [1.807, 2.05) is 43.3 Å². The summed E-state index contributed by atoms with van der Waals surface area (Å²) in [7, 11) is 1.61. The third kappa shape index (κ3) is 2.99. The minimum absolute atomic E-state index is 0.125. The molecule has 0 radical (unpaired) electrons. The van der Waals surface area contributed by atoms with Gasteiger partial charge in [0.1, 0.15) is 5.75 Å². The Morgan fingerprint density at radius 1 is 1.10 bits per heavy atom. The van der Waals surface area contributed by atoms with Crippen LogP contribution in [-0.2, 0) is 0 Å². The number of anilines is 1. The van der Waals surface area contributed by atoms with Gasteiger partial charge in [-0.3, -0.25) is 4.79 Å². The van der Waals surface area contributed by atoms with E-state index in [1.165, 1.54) is 0 Å². The highest BCUT2D eigenvalue weighted by Gasteiger charge is 2.20. The van der Waals surface area contributed by atoms with Gasteiger partial charge in [-0.1, -0.05) is 19.1 Å². The van der Waals surface area contributed by atoms with Gasteiger partial charge in [0, 0.05) is 17.2 Å². The van der Waals surface area contributed by atoms with Crippen molar-refractivity contribution in [3.05, 3.63) is 59.7 Å². The number of Topliss-reactive ketones (excluding diaryl/α,β-unsaturated/α-hetero) is 1. The summed E-state index contributed by atoms with van der Waals surface area (Å²) in [6.07, 6.45) is 0.759. The highest BCUT2D eigenvalue weighted by Crippen LogP contribution is 2.26. The molecule has 0 bridgehead atoms. The second kappa shape index (κ2) is 6.24. The van der Waals surface area contributed by atoms with Crippen LogP contribution in [0.15, 0.2) is 48.5 Å². The molecule has 0 heterocycles. The van der Waals surface area contributed by atoms with Gasteiger partial charge in [0.25, 0.3) is 0 Å². The van der Waals surface area contributed by atoms with E-state index in [9.17, 15) is 4.79 Å². The highest BCUT2D eigenvalue weighted by atomic mass is 16.5. The zero-order chi connectivity index (χ0) is 14.5. The molecule has 0 aliphatic carbocycles. The molecule has 2 aromatic carbocycles. The number of nitrogens with two attached hydrogens (primary N) is 1. The number of ketones is 1. The summed E-state index contributed by atoms with van der Waals surface area (Å²) >= 11 is 0. The van der Waals surface area contributed by atoms with E-state index in [4.69, 9.17) is 10.5 Å². The molecule has 2 aromatic rings. The Morgan fingerprint density at radius 2 is 1.70 bits per heavy atom. The van der Waals surface area contributed by atoms with Gasteiger partial charge in [0.2, 0.25) is 0 Å². The smallest absolute Gasteiger partial charge is 0.170 e. The van der Waals surface area contributed by atoms with Gasteiger partial charge >= 0.3 is 0 Å². The number of benzene rings is 2. The molecule has 3 nitrogen and oxygen atoms in total. The summed E-state index contributed by atoms with van der Waals surface area (Å²) in [4.78, 5) is 12.6. The molecular formula is C17H19NO2. The molecule has 2 N–H and O–H groups in total. The quantitative estimate of drug-likeness (QED) is 0.665. The van der Waals surface area contributed by atoms with Crippen LogP contribution in [0, 0.1) is 0 Å². The monoisotopic (exact) mass is 269 g/mol. The standard InChI is InChI=1S/C17H19NO2/c1-3-16(12-4-8-14(18)9-5-12)17(19)13-6-10-15(20-2)11-7-13/h4-11,16H,3,18H2,1-2H3/t16-/m1/s1. The van der Waals surface area contributed by atoms with E-state index >= 15 is 0 Å². The van der Waals surface area contributed by atoms with Crippen molar-refractivity contribution in [3.8, 4) is 5.75 Å².